The Bertz CT molecular complexity index is 510. The maximum atomic E-state index is 12.1. The van der Waals surface area contributed by atoms with E-state index in [1.165, 1.54) is 6.20 Å². The molecule has 0 spiro atoms. The summed E-state index contributed by atoms with van der Waals surface area (Å²) in [6.45, 7) is 4.70. The van der Waals surface area contributed by atoms with Gasteiger partial charge in [-0.1, -0.05) is 0 Å². The third-order valence-electron chi connectivity index (χ3n) is 3.21. The molecule has 0 saturated carbocycles. The van der Waals surface area contributed by atoms with Crippen LogP contribution < -0.4 is 10.5 Å². The number of rotatable bonds is 7. The van der Waals surface area contributed by atoms with Gasteiger partial charge >= 0.3 is 0 Å². The summed E-state index contributed by atoms with van der Waals surface area (Å²) in [5, 5.41) is 6.26. The number of hydrogen-bond acceptors (Lipinski definition) is 6. The van der Waals surface area contributed by atoms with Crippen LogP contribution >= 0.6 is 0 Å². The van der Waals surface area contributed by atoms with Gasteiger partial charge in [-0.2, -0.15) is 5.10 Å². The van der Waals surface area contributed by atoms with Crippen LogP contribution in [0.2, 0.25) is 0 Å². The molecule has 1 aliphatic heterocycles. The number of hydrogen-bond donors (Lipinski definition) is 3. The molecule has 9 heteroatoms. The van der Waals surface area contributed by atoms with Crippen LogP contribution in [-0.4, -0.2) is 62.9 Å². The molecule has 0 aromatic carbocycles. The van der Waals surface area contributed by atoms with Crippen LogP contribution in [0.15, 0.2) is 11.2 Å². The van der Waals surface area contributed by atoms with E-state index in [2.05, 4.69) is 19.8 Å². The normalized spacial score (nSPS) is 17.4. The van der Waals surface area contributed by atoms with Crippen LogP contribution in [0.1, 0.15) is 12.0 Å². The lowest BCUT2D eigenvalue weighted by Crippen LogP contribution is -2.38. The molecule has 1 aromatic heterocycles. The van der Waals surface area contributed by atoms with Crippen LogP contribution in [0, 0.1) is 0 Å². The lowest BCUT2D eigenvalue weighted by Gasteiger charge is -2.26. The fourth-order valence-corrected chi connectivity index (χ4v) is 3.29. The molecule has 114 valence electrons. The number of morpholine rings is 1. The van der Waals surface area contributed by atoms with E-state index in [0.29, 0.717) is 12.1 Å². The fourth-order valence-electron chi connectivity index (χ4n) is 2.08. The average molecular weight is 303 g/mol. The summed E-state index contributed by atoms with van der Waals surface area (Å²) in [5.41, 5.74) is 5.96. The Labute approximate surface area is 118 Å². The van der Waals surface area contributed by atoms with Crippen LogP contribution in [0.3, 0.4) is 0 Å². The van der Waals surface area contributed by atoms with Gasteiger partial charge in [0.25, 0.3) is 10.0 Å². The smallest absolute Gasteiger partial charge is 0.257 e. The minimum absolute atomic E-state index is 0.0615. The molecule has 0 radical (unpaired) electrons. The zero-order valence-corrected chi connectivity index (χ0v) is 12.2. The van der Waals surface area contributed by atoms with E-state index >= 15 is 0 Å². The molecular weight excluding hydrogens is 282 g/mol. The van der Waals surface area contributed by atoms with E-state index in [1.807, 2.05) is 0 Å². The molecule has 8 nitrogen and oxygen atoms in total. The predicted molar refractivity (Wildman–Crippen MR) is 73.5 cm³/mol. The largest absolute Gasteiger partial charge is 0.379 e. The molecule has 0 aliphatic carbocycles. The van der Waals surface area contributed by atoms with Crippen molar-refractivity contribution in [2.75, 3.05) is 39.4 Å². The number of sulfonamides is 1. The highest BCUT2D eigenvalue weighted by atomic mass is 32.2. The molecule has 1 aromatic rings. The molecule has 0 bridgehead atoms. The first-order valence-electron chi connectivity index (χ1n) is 6.65. The summed E-state index contributed by atoms with van der Waals surface area (Å²) in [6, 6.07) is 0. The van der Waals surface area contributed by atoms with E-state index in [1.54, 1.807) is 0 Å². The van der Waals surface area contributed by atoms with Crippen molar-refractivity contribution in [3.63, 3.8) is 0 Å². The van der Waals surface area contributed by atoms with Crippen molar-refractivity contribution in [2.24, 2.45) is 5.73 Å². The summed E-state index contributed by atoms with van der Waals surface area (Å²) >= 11 is 0. The SMILES string of the molecule is NCc1cn[nH]c1S(=O)(=O)NCCCN1CCOCC1. The Morgan fingerprint density at radius 1 is 1.45 bits per heavy atom. The lowest BCUT2D eigenvalue weighted by atomic mass is 10.3. The Morgan fingerprint density at radius 3 is 2.90 bits per heavy atom. The van der Waals surface area contributed by atoms with Crippen molar-refractivity contribution in [2.45, 2.75) is 18.0 Å². The maximum absolute atomic E-state index is 12.1. The van der Waals surface area contributed by atoms with E-state index in [0.717, 1.165) is 39.3 Å². The molecule has 1 aliphatic rings. The zero-order chi connectivity index (χ0) is 14.4. The molecule has 1 fully saturated rings. The number of nitrogens with one attached hydrogen (secondary N) is 2. The number of H-pyrrole nitrogens is 1. The number of aromatic amines is 1. The predicted octanol–water partition coefficient (Wildman–Crippen LogP) is -1.13. The molecule has 2 rings (SSSR count). The minimum Gasteiger partial charge on any atom is -0.379 e. The molecule has 2 heterocycles. The van der Waals surface area contributed by atoms with Gasteiger partial charge in [0.2, 0.25) is 0 Å². The van der Waals surface area contributed by atoms with Crippen LogP contribution in [0.4, 0.5) is 0 Å². The van der Waals surface area contributed by atoms with Crippen molar-refractivity contribution in [1.82, 2.24) is 19.8 Å². The van der Waals surface area contributed by atoms with Crippen LogP contribution in [0.25, 0.3) is 0 Å². The van der Waals surface area contributed by atoms with Gasteiger partial charge < -0.3 is 10.5 Å². The molecular formula is C11H21N5O3S. The van der Waals surface area contributed by atoms with Gasteiger partial charge in [0.05, 0.1) is 19.4 Å². The van der Waals surface area contributed by atoms with Crippen LogP contribution in [0.5, 0.6) is 0 Å². The second kappa shape index (κ2) is 7.14. The lowest BCUT2D eigenvalue weighted by molar-refractivity contribution is 0.0376. The fraction of sp³-hybridized carbons (Fsp3) is 0.727. The summed E-state index contributed by atoms with van der Waals surface area (Å²) in [7, 11) is -3.55. The van der Waals surface area contributed by atoms with Crippen molar-refractivity contribution in [3.05, 3.63) is 11.8 Å². The first-order chi connectivity index (χ1) is 9.63. The van der Waals surface area contributed by atoms with Crippen molar-refractivity contribution >= 4 is 10.0 Å². The monoisotopic (exact) mass is 303 g/mol. The van der Waals surface area contributed by atoms with Gasteiger partial charge in [0.1, 0.15) is 0 Å². The third-order valence-corrected chi connectivity index (χ3v) is 4.69. The molecule has 1 saturated heterocycles. The van der Waals surface area contributed by atoms with E-state index < -0.39 is 10.0 Å². The number of ether oxygens (including phenoxy) is 1. The molecule has 4 N–H and O–H groups in total. The summed E-state index contributed by atoms with van der Waals surface area (Å²) < 4.78 is 31.9. The van der Waals surface area contributed by atoms with Gasteiger partial charge in [0, 0.05) is 31.7 Å². The maximum Gasteiger partial charge on any atom is 0.257 e. The van der Waals surface area contributed by atoms with Crippen molar-refractivity contribution in [3.8, 4) is 0 Å². The highest BCUT2D eigenvalue weighted by Gasteiger charge is 2.19. The Morgan fingerprint density at radius 2 is 2.20 bits per heavy atom. The molecule has 0 atom stereocenters. The third kappa shape index (κ3) is 4.00. The van der Waals surface area contributed by atoms with E-state index in [4.69, 9.17) is 10.5 Å². The first kappa shape index (κ1) is 15.4. The van der Waals surface area contributed by atoms with E-state index in [9.17, 15) is 8.42 Å². The Kier molecular flexibility index (Phi) is 5.49. The average Bonchev–Trinajstić information content (AvgIpc) is 2.94. The minimum atomic E-state index is -3.55. The molecule has 20 heavy (non-hydrogen) atoms. The van der Waals surface area contributed by atoms with Crippen molar-refractivity contribution < 1.29 is 13.2 Å². The van der Waals surface area contributed by atoms with Gasteiger partial charge in [-0.05, 0) is 13.0 Å². The van der Waals surface area contributed by atoms with Gasteiger partial charge in [0.15, 0.2) is 5.03 Å². The topological polar surface area (TPSA) is 113 Å². The molecule has 0 unspecified atom stereocenters. The highest BCUT2D eigenvalue weighted by molar-refractivity contribution is 7.89. The number of nitrogens with two attached hydrogens (primary N) is 1. The van der Waals surface area contributed by atoms with Crippen molar-refractivity contribution in [1.29, 1.82) is 0 Å². The number of aromatic nitrogens is 2. The summed E-state index contributed by atoms with van der Waals surface area (Å²) in [5.74, 6) is 0. The second-order valence-electron chi connectivity index (χ2n) is 4.63. The first-order valence-corrected chi connectivity index (χ1v) is 8.14. The van der Waals surface area contributed by atoms with Crippen LogP contribution in [-0.2, 0) is 21.3 Å². The standard InChI is InChI=1S/C11H21N5O3S/c12-8-10-9-13-15-11(10)20(17,18)14-2-1-3-16-4-6-19-7-5-16/h9,14H,1-8,12H2,(H,13,15). The van der Waals surface area contributed by atoms with Gasteiger partial charge in [-0.3, -0.25) is 10.00 Å². The Balaban J connectivity index is 1.78. The summed E-state index contributed by atoms with van der Waals surface area (Å²) in [6.07, 6.45) is 2.19. The summed E-state index contributed by atoms with van der Waals surface area (Å²) in [4.78, 5) is 2.26. The van der Waals surface area contributed by atoms with E-state index in [-0.39, 0.29) is 11.6 Å². The Hall–Kier alpha value is -1.00. The second-order valence-corrected chi connectivity index (χ2v) is 6.34. The molecule has 0 amide bonds. The van der Waals surface area contributed by atoms with Gasteiger partial charge in [-0.15, -0.1) is 0 Å². The zero-order valence-electron chi connectivity index (χ0n) is 11.3. The highest BCUT2D eigenvalue weighted by Crippen LogP contribution is 2.10. The quantitative estimate of drug-likeness (QED) is 0.549. The number of nitrogens with zero attached hydrogens (tertiary/aromatic N) is 2. The van der Waals surface area contributed by atoms with Gasteiger partial charge in [-0.25, -0.2) is 13.1 Å².